The highest BCUT2D eigenvalue weighted by Crippen LogP contribution is 2.32. The highest BCUT2D eigenvalue weighted by Gasteiger charge is 2.19. The molecule has 2 N–H and O–H groups in total. The number of nitrogens with zero attached hydrogens (tertiary/aromatic N) is 2. The lowest BCUT2D eigenvalue weighted by molar-refractivity contribution is 0.711. The number of rotatable bonds is 4. The van der Waals surface area contributed by atoms with Gasteiger partial charge in [0.05, 0.1) is 6.07 Å². The number of nitrogen functional groups attached to an aromatic ring is 1. The van der Waals surface area contributed by atoms with Crippen LogP contribution in [0.1, 0.15) is 24.8 Å². The molecule has 0 bridgehead atoms. The summed E-state index contributed by atoms with van der Waals surface area (Å²) in [5.74, 6) is 0. The van der Waals surface area contributed by atoms with Crippen LogP contribution in [0, 0.1) is 11.3 Å². The van der Waals surface area contributed by atoms with E-state index >= 15 is 0 Å². The zero-order valence-corrected chi connectivity index (χ0v) is 9.45. The van der Waals surface area contributed by atoms with Crippen LogP contribution in [0.3, 0.4) is 0 Å². The maximum atomic E-state index is 8.47. The molecular formula is C13H17N3. The molecule has 0 spiro atoms. The second-order valence-corrected chi connectivity index (χ2v) is 4.20. The van der Waals surface area contributed by atoms with Crippen LogP contribution in [0.15, 0.2) is 18.2 Å². The van der Waals surface area contributed by atoms with Gasteiger partial charge in [-0.05, 0) is 31.4 Å². The zero-order chi connectivity index (χ0) is 11.4. The van der Waals surface area contributed by atoms with E-state index in [2.05, 4.69) is 17.0 Å². The minimum Gasteiger partial charge on any atom is -0.398 e. The zero-order valence-electron chi connectivity index (χ0n) is 9.45. The number of unbranched alkanes of at least 4 members (excludes halogenated alkanes) is 2. The highest BCUT2D eigenvalue weighted by molar-refractivity contribution is 5.68. The number of anilines is 2. The Morgan fingerprint density at radius 2 is 2.25 bits per heavy atom. The van der Waals surface area contributed by atoms with Gasteiger partial charge in [-0.25, -0.2) is 0 Å². The summed E-state index contributed by atoms with van der Waals surface area (Å²) in [7, 11) is 0. The number of fused-ring (bicyclic) bond motifs is 1. The molecule has 0 radical (unpaired) electrons. The topological polar surface area (TPSA) is 53.0 Å². The Bertz CT molecular complexity index is 406. The lowest BCUT2D eigenvalue weighted by Gasteiger charge is -2.19. The summed E-state index contributed by atoms with van der Waals surface area (Å²) in [5, 5.41) is 8.47. The van der Waals surface area contributed by atoms with E-state index in [-0.39, 0.29) is 0 Å². The van der Waals surface area contributed by atoms with Crippen LogP contribution < -0.4 is 10.6 Å². The first-order valence-corrected chi connectivity index (χ1v) is 5.82. The fourth-order valence-electron chi connectivity index (χ4n) is 2.27. The van der Waals surface area contributed by atoms with E-state index in [1.54, 1.807) is 0 Å². The molecule has 0 amide bonds. The molecule has 0 fully saturated rings. The van der Waals surface area contributed by atoms with E-state index in [9.17, 15) is 0 Å². The van der Waals surface area contributed by atoms with Crippen LogP contribution in [0.4, 0.5) is 11.4 Å². The fourth-order valence-corrected chi connectivity index (χ4v) is 2.27. The van der Waals surface area contributed by atoms with Crippen molar-refractivity contribution in [2.24, 2.45) is 0 Å². The van der Waals surface area contributed by atoms with Crippen LogP contribution in [-0.4, -0.2) is 13.1 Å². The van der Waals surface area contributed by atoms with Gasteiger partial charge in [0.2, 0.25) is 0 Å². The monoisotopic (exact) mass is 215 g/mol. The van der Waals surface area contributed by atoms with Crippen molar-refractivity contribution in [3.8, 4) is 6.07 Å². The minimum atomic E-state index is 0.664. The molecule has 3 heteroatoms. The number of hydrogen-bond acceptors (Lipinski definition) is 3. The van der Waals surface area contributed by atoms with Gasteiger partial charge in [0.25, 0.3) is 0 Å². The van der Waals surface area contributed by atoms with Crippen LogP contribution in [0.5, 0.6) is 0 Å². The Morgan fingerprint density at radius 1 is 1.38 bits per heavy atom. The van der Waals surface area contributed by atoms with Crippen molar-refractivity contribution >= 4 is 11.4 Å². The van der Waals surface area contributed by atoms with E-state index in [0.717, 1.165) is 38.0 Å². The third kappa shape index (κ3) is 2.11. The summed E-state index contributed by atoms with van der Waals surface area (Å²) < 4.78 is 0. The molecule has 1 aromatic rings. The molecule has 3 nitrogen and oxygen atoms in total. The predicted molar refractivity (Wildman–Crippen MR) is 66.2 cm³/mol. The molecule has 0 saturated carbocycles. The minimum absolute atomic E-state index is 0.664. The first kappa shape index (κ1) is 10.8. The molecule has 0 aromatic heterocycles. The third-order valence-electron chi connectivity index (χ3n) is 3.13. The van der Waals surface area contributed by atoms with E-state index in [0.29, 0.717) is 6.42 Å². The SMILES string of the molecule is N#CCCCCN1CCc2c(N)cccc21. The van der Waals surface area contributed by atoms with Crippen molar-refractivity contribution in [1.82, 2.24) is 0 Å². The molecule has 0 unspecified atom stereocenters. The summed E-state index contributed by atoms with van der Waals surface area (Å²) in [5.41, 5.74) is 9.44. The molecule has 1 aliphatic heterocycles. The van der Waals surface area contributed by atoms with Gasteiger partial charge in [0, 0.05) is 36.4 Å². The molecule has 1 aliphatic rings. The van der Waals surface area contributed by atoms with Gasteiger partial charge >= 0.3 is 0 Å². The van der Waals surface area contributed by atoms with Crippen molar-refractivity contribution in [2.45, 2.75) is 25.7 Å². The number of benzene rings is 1. The van der Waals surface area contributed by atoms with Crippen molar-refractivity contribution in [1.29, 1.82) is 5.26 Å². The molecule has 2 rings (SSSR count). The Balaban J connectivity index is 1.96. The van der Waals surface area contributed by atoms with Crippen LogP contribution in [0.25, 0.3) is 0 Å². The first-order chi connectivity index (χ1) is 7.83. The largest absolute Gasteiger partial charge is 0.398 e. The van der Waals surface area contributed by atoms with E-state index in [1.807, 2.05) is 12.1 Å². The molecule has 0 aliphatic carbocycles. The number of hydrogen-bond donors (Lipinski definition) is 1. The average molecular weight is 215 g/mol. The van der Waals surface area contributed by atoms with Gasteiger partial charge in [-0.3, -0.25) is 0 Å². The predicted octanol–water partition coefficient (Wildman–Crippen LogP) is 2.33. The van der Waals surface area contributed by atoms with Crippen LogP contribution in [0.2, 0.25) is 0 Å². The van der Waals surface area contributed by atoms with Gasteiger partial charge in [-0.15, -0.1) is 0 Å². The average Bonchev–Trinajstić information content (AvgIpc) is 2.70. The number of nitriles is 1. The Hall–Kier alpha value is -1.69. The van der Waals surface area contributed by atoms with Gasteiger partial charge < -0.3 is 10.6 Å². The fraction of sp³-hybridized carbons (Fsp3) is 0.462. The second kappa shape index (κ2) is 4.89. The van der Waals surface area contributed by atoms with Gasteiger partial charge in [-0.2, -0.15) is 5.26 Å². The highest BCUT2D eigenvalue weighted by atomic mass is 15.1. The maximum Gasteiger partial charge on any atom is 0.0621 e. The van der Waals surface area contributed by atoms with Crippen LogP contribution in [-0.2, 0) is 6.42 Å². The Morgan fingerprint density at radius 3 is 3.06 bits per heavy atom. The van der Waals surface area contributed by atoms with Crippen molar-refractivity contribution < 1.29 is 0 Å². The smallest absolute Gasteiger partial charge is 0.0621 e. The Kier molecular flexibility index (Phi) is 3.31. The lowest BCUT2D eigenvalue weighted by Crippen LogP contribution is -2.21. The van der Waals surface area contributed by atoms with Crippen LogP contribution >= 0.6 is 0 Å². The van der Waals surface area contributed by atoms with Gasteiger partial charge in [-0.1, -0.05) is 6.07 Å². The molecule has 1 aromatic carbocycles. The van der Waals surface area contributed by atoms with Crippen molar-refractivity contribution in [3.05, 3.63) is 23.8 Å². The quantitative estimate of drug-likeness (QED) is 0.619. The summed E-state index contributed by atoms with van der Waals surface area (Å²) >= 11 is 0. The molecule has 1 heterocycles. The summed E-state index contributed by atoms with van der Waals surface area (Å²) in [6.45, 7) is 2.11. The summed E-state index contributed by atoms with van der Waals surface area (Å²) in [4.78, 5) is 2.38. The Labute approximate surface area is 96.5 Å². The third-order valence-corrected chi connectivity index (χ3v) is 3.13. The van der Waals surface area contributed by atoms with E-state index < -0.39 is 0 Å². The first-order valence-electron chi connectivity index (χ1n) is 5.82. The molecule has 0 atom stereocenters. The second-order valence-electron chi connectivity index (χ2n) is 4.20. The van der Waals surface area contributed by atoms with E-state index in [1.165, 1.54) is 11.3 Å². The summed E-state index contributed by atoms with van der Waals surface area (Å²) in [6, 6.07) is 8.31. The van der Waals surface area contributed by atoms with Gasteiger partial charge in [0.1, 0.15) is 0 Å². The van der Waals surface area contributed by atoms with Crippen molar-refractivity contribution in [2.75, 3.05) is 23.7 Å². The van der Waals surface area contributed by atoms with Crippen molar-refractivity contribution in [3.63, 3.8) is 0 Å². The molecule has 16 heavy (non-hydrogen) atoms. The molecule has 84 valence electrons. The maximum absolute atomic E-state index is 8.47. The van der Waals surface area contributed by atoms with Gasteiger partial charge in [0.15, 0.2) is 0 Å². The lowest BCUT2D eigenvalue weighted by atomic mass is 10.1. The standard InChI is InChI=1S/C13H17N3/c14-8-2-1-3-9-16-10-7-11-12(15)5-4-6-13(11)16/h4-6H,1-3,7,9-10,15H2. The van der Waals surface area contributed by atoms with E-state index in [4.69, 9.17) is 11.0 Å². The molecule has 0 saturated heterocycles. The number of nitrogens with two attached hydrogens (primary N) is 1. The summed E-state index contributed by atoms with van der Waals surface area (Å²) in [6.07, 6.45) is 3.80. The normalized spacial score (nSPS) is 13.6. The molecular weight excluding hydrogens is 198 g/mol.